The lowest BCUT2D eigenvalue weighted by Gasteiger charge is -2.33. The summed E-state index contributed by atoms with van der Waals surface area (Å²) in [5, 5.41) is 6.75. The molecule has 136 valence electrons. The van der Waals surface area contributed by atoms with Crippen LogP contribution in [0.25, 0.3) is 0 Å². The molecule has 0 aromatic rings. The molecule has 2 N–H and O–H groups in total. The van der Waals surface area contributed by atoms with Gasteiger partial charge in [0.2, 0.25) is 0 Å². The van der Waals surface area contributed by atoms with E-state index in [0.29, 0.717) is 5.92 Å². The van der Waals surface area contributed by atoms with E-state index in [-0.39, 0.29) is 0 Å². The second kappa shape index (κ2) is 12.6. The van der Waals surface area contributed by atoms with E-state index in [2.05, 4.69) is 36.3 Å². The van der Waals surface area contributed by atoms with Gasteiger partial charge in [0.15, 0.2) is 5.96 Å². The molecule has 0 aliphatic carbocycles. The van der Waals surface area contributed by atoms with Gasteiger partial charge in [-0.1, -0.05) is 13.8 Å². The topological polar surface area (TPSA) is 48.9 Å². The molecular formula is C18H38N4O. The van der Waals surface area contributed by atoms with Crippen molar-refractivity contribution in [1.29, 1.82) is 0 Å². The highest BCUT2D eigenvalue weighted by Gasteiger charge is 2.20. The second-order valence-corrected chi connectivity index (χ2v) is 6.86. The number of piperidine rings is 1. The van der Waals surface area contributed by atoms with E-state index in [0.717, 1.165) is 51.1 Å². The Morgan fingerprint density at radius 2 is 2.13 bits per heavy atom. The van der Waals surface area contributed by atoms with Gasteiger partial charge in [-0.15, -0.1) is 0 Å². The first kappa shape index (κ1) is 20.2. The molecule has 1 rings (SSSR count). The fourth-order valence-electron chi connectivity index (χ4n) is 3.07. The molecule has 0 spiro atoms. The first-order valence-corrected chi connectivity index (χ1v) is 9.47. The quantitative estimate of drug-likeness (QED) is 0.367. The number of nitrogens with zero attached hydrogens (tertiary/aromatic N) is 2. The van der Waals surface area contributed by atoms with Crippen LogP contribution in [0, 0.1) is 11.8 Å². The molecule has 0 saturated carbocycles. The molecule has 23 heavy (non-hydrogen) atoms. The molecule has 1 aliphatic rings. The third-order valence-electron chi connectivity index (χ3n) is 4.04. The molecule has 1 saturated heterocycles. The number of hydrogen-bond acceptors (Lipinski definition) is 3. The molecule has 5 nitrogen and oxygen atoms in total. The van der Waals surface area contributed by atoms with Crippen molar-refractivity contribution in [3.05, 3.63) is 0 Å². The zero-order chi connectivity index (χ0) is 16.9. The summed E-state index contributed by atoms with van der Waals surface area (Å²) >= 11 is 0. The average Bonchev–Trinajstić information content (AvgIpc) is 2.52. The van der Waals surface area contributed by atoms with Gasteiger partial charge in [-0.05, 0) is 51.5 Å². The normalized spacial score (nSPS) is 20.0. The van der Waals surface area contributed by atoms with E-state index < -0.39 is 0 Å². The molecule has 1 heterocycles. The van der Waals surface area contributed by atoms with Crippen molar-refractivity contribution in [2.75, 3.05) is 52.5 Å². The summed E-state index contributed by atoms with van der Waals surface area (Å²) in [6.07, 6.45) is 3.64. The lowest BCUT2D eigenvalue weighted by atomic mass is 9.97. The summed E-state index contributed by atoms with van der Waals surface area (Å²) in [4.78, 5) is 7.40. The highest BCUT2D eigenvalue weighted by molar-refractivity contribution is 5.79. The number of aliphatic imine (C=N–C) groups is 1. The van der Waals surface area contributed by atoms with Crippen LogP contribution in [0.5, 0.6) is 0 Å². The largest absolute Gasteiger partial charge is 0.382 e. The molecule has 0 aromatic carbocycles. The van der Waals surface area contributed by atoms with Gasteiger partial charge in [0.05, 0.1) is 0 Å². The molecule has 1 fully saturated rings. The van der Waals surface area contributed by atoms with Crippen LogP contribution in [-0.4, -0.2) is 63.3 Å². The predicted molar refractivity (Wildman–Crippen MR) is 99.1 cm³/mol. The summed E-state index contributed by atoms with van der Waals surface area (Å²) in [6.45, 7) is 16.8. The molecule has 1 unspecified atom stereocenters. The van der Waals surface area contributed by atoms with E-state index >= 15 is 0 Å². The third kappa shape index (κ3) is 9.82. The number of likely N-dealkylation sites (tertiary alicyclic amines) is 1. The number of ether oxygens (including phenoxy) is 1. The van der Waals surface area contributed by atoms with Crippen LogP contribution in [0.1, 0.15) is 47.0 Å². The average molecular weight is 327 g/mol. The van der Waals surface area contributed by atoms with E-state index in [1.165, 1.54) is 32.5 Å². The van der Waals surface area contributed by atoms with Crippen LogP contribution in [0.2, 0.25) is 0 Å². The van der Waals surface area contributed by atoms with Crippen molar-refractivity contribution in [3.63, 3.8) is 0 Å². The van der Waals surface area contributed by atoms with E-state index in [1.54, 1.807) is 0 Å². The van der Waals surface area contributed by atoms with Crippen LogP contribution in [0.4, 0.5) is 0 Å². The molecule has 1 atom stereocenters. The molecule has 0 radical (unpaired) electrons. The first-order chi connectivity index (χ1) is 11.2. The van der Waals surface area contributed by atoms with Gasteiger partial charge < -0.3 is 20.3 Å². The highest BCUT2D eigenvalue weighted by atomic mass is 16.5. The van der Waals surface area contributed by atoms with Gasteiger partial charge in [0.1, 0.15) is 0 Å². The van der Waals surface area contributed by atoms with Gasteiger partial charge in [0, 0.05) is 45.9 Å². The Hall–Kier alpha value is -0.810. The first-order valence-electron chi connectivity index (χ1n) is 9.47. The minimum absolute atomic E-state index is 0.696. The number of rotatable bonds is 10. The highest BCUT2D eigenvalue weighted by Crippen LogP contribution is 2.17. The van der Waals surface area contributed by atoms with E-state index in [4.69, 9.17) is 9.73 Å². The van der Waals surface area contributed by atoms with Crippen molar-refractivity contribution in [2.24, 2.45) is 16.8 Å². The van der Waals surface area contributed by atoms with Crippen molar-refractivity contribution in [2.45, 2.75) is 47.0 Å². The fraction of sp³-hybridized carbons (Fsp3) is 0.944. The van der Waals surface area contributed by atoms with Crippen LogP contribution in [0.15, 0.2) is 4.99 Å². The SMILES string of the molecule is CCNC(=NCC1CCCN(CC(C)C)C1)NCCCOCC. The maximum atomic E-state index is 5.37. The lowest BCUT2D eigenvalue weighted by Crippen LogP contribution is -2.41. The van der Waals surface area contributed by atoms with Crippen molar-refractivity contribution in [1.82, 2.24) is 15.5 Å². The third-order valence-corrected chi connectivity index (χ3v) is 4.04. The maximum Gasteiger partial charge on any atom is 0.191 e. The molecular weight excluding hydrogens is 288 g/mol. The fourth-order valence-corrected chi connectivity index (χ4v) is 3.07. The Morgan fingerprint density at radius 3 is 2.83 bits per heavy atom. The Bertz CT molecular complexity index is 320. The minimum atomic E-state index is 0.696. The summed E-state index contributed by atoms with van der Waals surface area (Å²) in [6, 6.07) is 0. The number of nitrogens with one attached hydrogen (secondary N) is 2. The molecule has 0 bridgehead atoms. The van der Waals surface area contributed by atoms with Gasteiger partial charge in [-0.3, -0.25) is 4.99 Å². The Labute approximate surface area is 143 Å². The van der Waals surface area contributed by atoms with Crippen molar-refractivity contribution >= 4 is 5.96 Å². The van der Waals surface area contributed by atoms with Crippen molar-refractivity contribution in [3.8, 4) is 0 Å². The Kier molecular flexibility index (Phi) is 11.1. The summed E-state index contributed by atoms with van der Waals surface area (Å²) in [5.41, 5.74) is 0. The number of guanidine groups is 1. The summed E-state index contributed by atoms with van der Waals surface area (Å²) < 4.78 is 5.37. The Balaban J connectivity index is 2.33. The molecule has 0 amide bonds. The minimum Gasteiger partial charge on any atom is -0.382 e. The van der Waals surface area contributed by atoms with Gasteiger partial charge >= 0.3 is 0 Å². The molecule has 0 aromatic heterocycles. The monoisotopic (exact) mass is 326 g/mol. The second-order valence-electron chi connectivity index (χ2n) is 6.86. The van der Waals surface area contributed by atoms with Crippen LogP contribution >= 0.6 is 0 Å². The zero-order valence-electron chi connectivity index (χ0n) is 15.7. The predicted octanol–water partition coefficient (Wildman–Crippen LogP) is 2.34. The van der Waals surface area contributed by atoms with Crippen LogP contribution in [0.3, 0.4) is 0 Å². The lowest BCUT2D eigenvalue weighted by molar-refractivity contribution is 0.145. The van der Waals surface area contributed by atoms with Crippen LogP contribution in [-0.2, 0) is 4.74 Å². The van der Waals surface area contributed by atoms with Gasteiger partial charge in [-0.25, -0.2) is 0 Å². The van der Waals surface area contributed by atoms with Gasteiger partial charge in [0.25, 0.3) is 0 Å². The van der Waals surface area contributed by atoms with E-state index in [1.807, 2.05) is 6.92 Å². The number of hydrogen-bond donors (Lipinski definition) is 2. The Morgan fingerprint density at radius 1 is 1.30 bits per heavy atom. The van der Waals surface area contributed by atoms with Crippen LogP contribution < -0.4 is 10.6 Å². The van der Waals surface area contributed by atoms with Gasteiger partial charge in [-0.2, -0.15) is 0 Å². The van der Waals surface area contributed by atoms with Crippen molar-refractivity contribution < 1.29 is 4.74 Å². The smallest absolute Gasteiger partial charge is 0.191 e. The summed E-state index contributed by atoms with van der Waals surface area (Å²) in [7, 11) is 0. The maximum absolute atomic E-state index is 5.37. The molecule has 5 heteroatoms. The zero-order valence-corrected chi connectivity index (χ0v) is 15.7. The van der Waals surface area contributed by atoms with E-state index in [9.17, 15) is 0 Å². The molecule has 1 aliphatic heterocycles. The standard InChI is InChI=1S/C18H38N4O/c1-5-19-18(20-10-8-12-23-6-2)21-13-17-9-7-11-22(15-17)14-16(3)4/h16-17H,5-15H2,1-4H3,(H2,19,20,21). The summed E-state index contributed by atoms with van der Waals surface area (Å²) in [5.74, 6) is 2.40.